The smallest absolute Gasteiger partial charge is 0.260 e. The number of hydrogen-bond donors (Lipinski definition) is 1. The minimum Gasteiger partial charge on any atom is -0.482 e. The maximum Gasteiger partial charge on any atom is 0.260 e. The van der Waals surface area contributed by atoms with Crippen LogP contribution in [0.4, 0.5) is 0 Å². The lowest BCUT2D eigenvalue weighted by Gasteiger charge is -2.32. The van der Waals surface area contributed by atoms with E-state index >= 15 is 0 Å². The summed E-state index contributed by atoms with van der Waals surface area (Å²) in [5, 5.41) is 0.141. The van der Waals surface area contributed by atoms with E-state index in [-0.39, 0.29) is 34.7 Å². The molecule has 0 spiro atoms. The van der Waals surface area contributed by atoms with Gasteiger partial charge in [0.1, 0.15) is 5.75 Å². The van der Waals surface area contributed by atoms with Crippen LogP contribution >= 0.6 is 11.6 Å². The Kier molecular flexibility index (Phi) is 8.44. The lowest BCUT2D eigenvalue weighted by atomic mass is 9.90. The van der Waals surface area contributed by atoms with Gasteiger partial charge in [-0.15, -0.1) is 0 Å². The second kappa shape index (κ2) is 11.7. The van der Waals surface area contributed by atoms with Crippen LogP contribution in [0.15, 0.2) is 83.8 Å². The largest absolute Gasteiger partial charge is 0.482 e. The van der Waals surface area contributed by atoms with Gasteiger partial charge in [0.2, 0.25) is 10.0 Å². The number of carbonyl (C=O) groups excluding carboxylic acids is 1. The SMILES string of the molecule is O=C(COc1ccc(S(=O)(=O)NCc2ccccc2)cc1Cl)N1CCC(Cc2ccccc2)CC1. The molecule has 35 heavy (non-hydrogen) atoms. The van der Waals surface area contributed by atoms with Gasteiger partial charge in [-0.05, 0) is 54.5 Å². The average Bonchev–Trinajstić information content (AvgIpc) is 2.88. The maximum atomic E-state index is 12.6. The van der Waals surface area contributed by atoms with Gasteiger partial charge in [0.25, 0.3) is 5.91 Å². The first kappa shape index (κ1) is 25.2. The second-order valence-electron chi connectivity index (χ2n) is 8.70. The van der Waals surface area contributed by atoms with Crippen molar-refractivity contribution < 1.29 is 17.9 Å². The van der Waals surface area contributed by atoms with Gasteiger partial charge in [0, 0.05) is 19.6 Å². The second-order valence-corrected chi connectivity index (χ2v) is 10.9. The zero-order chi connectivity index (χ0) is 24.7. The number of amides is 1. The molecule has 0 aromatic heterocycles. The molecule has 0 radical (unpaired) electrons. The monoisotopic (exact) mass is 512 g/mol. The van der Waals surface area contributed by atoms with Crippen molar-refractivity contribution in [2.75, 3.05) is 19.7 Å². The molecule has 1 amide bonds. The maximum absolute atomic E-state index is 12.6. The number of piperidine rings is 1. The van der Waals surface area contributed by atoms with Crippen LogP contribution in [0, 0.1) is 5.92 Å². The highest BCUT2D eigenvalue weighted by molar-refractivity contribution is 7.89. The zero-order valence-electron chi connectivity index (χ0n) is 19.4. The molecule has 0 atom stereocenters. The van der Waals surface area contributed by atoms with Crippen LogP contribution in [0.25, 0.3) is 0 Å². The molecular formula is C27H29ClN2O4S. The van der Waals surface area contributed by atoms with E-state index in [1.54, 1.807) is 0 Å². The van der Waals surface area contributed by atoms with Crippen LogP contribution < -0.4 is 9.46 Å². The molecule has 6 nitrogen and oxygen atoms in total. The summed E-state index contributed by atoms with van der Waals surface area (Å²) in [6.07, 6.45) is 2.96. The quantitative estimate of drug-likeness (QED) is 0.451. The van der Waals surface area contributed by atoms with E-state index in [0.717, 1.165) is 24.8 Å². The average molecular weight is 513 g/mol. The van der Waals surface area contributed by atoms with Crippen molar-refractivity contribution in [3.05, 3.63) is 95.0 Å². The van der Waals surface area contributed by atoms with Crippen molar-refractivity contribution in [3.8, 4) is 5.75 Å². The fourth-order valence-corrected chi connectivity index (χ4v) is 5.53. The molecule has 0 unspecified atom stereocenters. The molecule has 1 saturated heterocycles. The number of hydrogen-bond acceptors (Lipinski definition) is 4. The van der Waals surface area contributed by atoms with Crippen molar-refractivity contribution in [3.63, 3.8) is 0 Å². The van der Waals surface area contributed by atoms with E-state index in [2.05, 4.69) is 29.0 Å². The molecule has 0 saturated carbocycles. The highest BCUT2D eigenvalue weighted by atomic mass is 35.5. The van der Waals surface area contributed by atoms with Gasteiger partial charge in [-0.25, -0.2) is 13.1 Å². The number of nitrogens with one attached hydrogen (secondary N) is 1. The molecule has 0 bridgehead atoms. The fourth-order valence-electron chi connectivity index (χ4n) is 4.19. The normalized spacial score (nSPS) is 14.6. The van der Waals surface area contributed by atoms with Crippen molar-refractivity contribution in [1.82, 2.24) is 9.62 Å². The molecule has 3 aromatic rings. The van der Waals surface area contributed by atoms with Crippen LogP contribution in [0.2, 0.25) is 5.02 Å². The van der Waals surface area contributed by atoms with Gasteiger partial charge in [-0.1, -0.05) is 72.3 Å². The molecule has 1 heterocycles. The summed E-state index contributed by atoms with van der Waals surface area (Å²) < 4.78 is 33.4. The molecule has 1 aliphatic rings. The number of rotatable bonds is 9. The molecule has 3 aromatic carbocycles. The number of benzene rings is 3. The molecule has 1 fully saturated rings. The number of carbonyl (C=O) groups is 1. The van der Waals surface area contributed by atoms with E-state index in [0.29, 0.717) is 19.0 Å². The van der Waals surface area contributed by atoms with Gasteiger partial charge in [0.05, 0.1) is 9.92 Å². The first-order chi connectivity index (χ1) is 16.9. The van der Waals surface area contributed by atoms with Gasteiger partial charge in [-0.2, -0.15) is 0 Å². The van der Waals surface area contributed by atoms with Crippen molar-refractivity contribution in [1.29, 1.82) is 0 Å². The molecule has 0 aliphatic carbocycles. The van der Waals surface area contributed by atoms with Gasteiger partial charge in [-0.3, -0.25) is 4.79 Å². The highest BCUT2D eigenvalue weighted by Crippen LogP contribution is 2.28. The van der Waals surface area contributed by atoms with E-state index in [1.165, 1.54) is 23.8 Å². The lowest BCUT2D eigenvalue weighted by Crippen LogP contribution is -2.41. The summed E-state index contributed by atoms with van der Waals surface area (Å²) >= 11 is 6.28. The van der Waals surface area contributed by atoms with E-state index in [9.17, 15) is 13.2 Å². The Hall–Kier alpha value is -2.87. The summed E-state index contributed by atoms with van der Waals surface area (Å²) in [5.74, 6) is 0.753. The van der Waals surface area contributed by atoms with Crippen molar-refractivity contribution >= 4 is 27.5 Å². The Morgan fingerprint density at radius 3 is 2.20 bits per heavy atom. The number of halogens is 1. The van der Waals surface area contributed by atoms with Crippen LogP contribution in [-0.4, -0.2) is 38.9 Å². The summed E-state index contributed by atoms with van der Waals surface area (Å²) in [6, 6.07) is 23.9. The van der Waals surface area contributed by atoms with E-state index < -0.39 is 10.0 Å². The first-order valence-electron chi connectivity index (χ1n) is 11.7. The minimum absolute atomic E-state index is 0.0394. The highest BCUT2D eigenvalue weighted by Gasteiger charge is 2.24. The van der Waals surface area contributed by atoms with Crippen LogP contribution in [0.3, 0.4) is 0 Å². The number of nitrogens with zero attached hydrogens (tertiary/aromatic N) is 1. The van der Waals surface area contributed by atoms with Crippen molar-refractivity contribution in [2.45, 2.75) is 30.7 Å². The first-order valence-corrected chi connectivity index (χ1v) is 13.5. The minimum atomic E-state index is -3.74. The zero-order valence-corrected chi connectivity index (χ0v) is 21.0. The Balaban J connectivity index is 1.26. The van der Waals surface area contributed by atoms with E-state index in [1.807, 2.05) is 41.3 Å². The predicted octanol–water partition coefficient (Wildman–Crippen LogP) is 4.68. The third-order valence-corrected chi connectivity index (χ3v) is 7.90. The molecule has 8 heteroatoms. The predicted molar refractivity (Wildman–Crippen MR) is 137 cm³/mol. The molecule has 1 N–H and O–H groups in total. The Bertz CT molecular complexity index is 1230. The van der Waals surface area contributed by atoms with Crippen LogP contribution in [0.1, 0.15) is 24.0 Å². The Morgan fingerprint density at radius 1 is 0.943 bits per heavy atom. The van der Waals surface area contributed by atoms with Crippen LogP contribution in [0.5, 0.6) is 5.75 Å². The lowest BCUT2D eigenvalue weighted by molar-refractivity contribution is -0.134. The number of likely N-dealkylation sites (tertiary alicyclic amines) is 1. The summed E-state index contributed by atoms with van der Waals surface area (Å²) in [7, 11) is -3.74. The third-order valence-electron chi connectivity index (χ3n) is 6.21. The Morgan fingerprint density at radius 2 is 1.57 bits per heavy atom. The van der Waals surface area contributed by atoms with Gasteiger partial charge in [0.15, 0.2) is 6.61 Å². The summed E-state index contributed by atoms with van der Waals surface area (Å²) in [6.45, 7) is 1.45. The van der Waals surface area contributed by atoms with E-state index in [4.69, 9.17) is 16.3 Å². The molecule has 184 valence electrons. The third kappa shape index (κ3) is 7.07. The fraction of sp³-hybridized carbons (Fsp3) is 0.296. The Labute approximate surface area is 211 Å². The topological polar surface area (TPSA) is 75.7 Å². The van der Waals surface area contributed by atoms with Gasteiger partial charge >= 0.3 is 0 Å². The molecular weight excluding hydrogens is 484 g/mol. The summed E-state index contributed by atoms with van der Waals surface area (Å²) in [4.78, 5) is 14.5. The van der Waals surface area contributed by atoms with Crippen molar-refractivity contribution in [2.24, 2.45) is 5.92 Å². The number of ether oxygens (including phenoxy) is 1. The van der Waals surface area contributed by atoms with Crippen LogP contribution in [-0.2, 0) is 27.8 Å². The standard InChI is InChI=1S/C27H29ClN2O4S/c28-25-18-24(35(32,33)29-19-23-9-5-2-6-10-23)11-12-26(25)34-20-27(31)30-15-13-22(14-16-30)17-21-7-3-1-4-8-21/h1-12,18,22,29H,13-17,19-20H2. The molecule has 1 aliphatic heterocycles. The summed E-state index contributed by atoms with van der Waals surface area (Å²) in [5.41, 5.74) is 2.18. The molecule has 4 rings (SSSR count). The number of sulfonamides is 1. The van der Waals surface area contributed by atoms with Gasteiger partial charge < -0.3 is 9.64 Å².